The van der Waals surface area contributed by atoms with Gasteiger partial charge in [0.1, 0.15) is 0 Å². The molecule has 1 saturated heterocycles. The second-order valence-corrected chi connectivity index (χ2v) is 7.34. The SMILES string of the molecule is O=C(Nc1cccc(Cl)c1)N1CCCN(C(=O)c2ccc([N+](=O)[O-])cc2Cl)CC1. The molecule has 0 unspecified atom stereocenters. The number of halogens is 2. The van der Waals surface area contributed by atoms with Gasteiger partial charge >= 0.3 is 6.03 Å². The maximum atomic E-state index is 12.8. The molecule has 1 heterocycles. The summed E-state index contributed by atoms with van der Waals surface area (Å²) in [5.74, 6) is -0.318. The Bertz CT molecular complexity index is 954. The normalized spacial score (nSPS) is 14.3. The lowest BCUT2D eigenvalue weighted by Crippen LogP contribution is -2.39. The maximum Gasteiger partial charge on any atom is 0.321 e. The second-order valence-electron chi connectivity index (χ2n) is 6.49. The molecule has 1 N–H and O–H groups in total. The van der Waals surface area contributed by atoms with Crippen molar-refractivity contribution in [2.75, 3.05) is 31.5 Å². The van der Waals surface area contributed by atoms with Crippen LogP contribution >= 0.6 is 23.2 Å². The third-order valence-corrected chi connectivity index (χ3v) is 5.09. The summed E-state index contributed by atoms with van der Waals surface area (Å²) in [6, 6.07) is 10.4. The summed E-state index contributed by atoms with van der Waals surface area (Å²) < 4.78 is 0. The summed E-state index contributed by atoms with van der Waals surface area (Å²) in [6.45, 7) is 1.62. The van der Waals surface area contributed by atoms with Crippen molar-refractivity contribution in [1.29, 1.82) is 0 Å². The average Bonchev–Trinajstić information content (AvgIpc) is 2.93. The molecule has 152 valence electrons. The number of nitrogens with zero attached hydrogens (tertiary/aromatic N) is 3. The molecule has 3 amide bonds. The largest absolute Gasteiger partial charge is 0.337 e. The Labute approximate surface area is 177 Å². The molecule has 2 aromatic carbocycles. The number of hydrogen-bond donors (Lipinski definition) is 1. The monoisotopic (exact) mass is 436 g/mol. The van der Waals surface area contributed by atoms with E-state index in [0.29, 0.717) is 43.3 Å². The molecular formula is C19H18Cl2N4O4. The minimum atomic E-state index is -0.567. The van der Waals surface area contributed by atoms with Crippen molar-refractivity contribution in [3.05, 3.63) is 68.2 Å². The van der Waals surface area contributed by atoms with Crippen LogP contribution in [0.15, 0.2) is 42.5 Å². The molecule has 0 aromatic heterocycles. The highest BCUT2D eigenvalue weighted by atomic mass is 35.5. The van der Waals surface area contributed by atoms with Crippen LogP contribution < -0.4 is 5.32 Å². The van der Waals surface area contributed by atoms with Crippen molar-refractivity contribution in [3.8, 4) is 0 Å². The molecule has 0 aliphatic carbocycles. The van der Waals surface area contributed by atoms with Gasteiger partial charge in [-0.25, -0.2) is 4.79 Å². The molecule has 10 heteroatoms. The Morgan fingerprint density at radius 1 is 1.00 bits per heavy atom. The number of rotatable bonds is 3. The number of carbonyl (C=O) groups excluding carboxylic acids is 2. The zero-order chi connectivity index (χ0) is 21.0. The van der Waals surface area contributed by atoms with E-state index in [2.05, 4.69) is 5.32 Å². The van der Waals surface area contributed by atoms with Crippen LogP contribution in [0.25, 0.3) is 0 Å². The van der Waals surface area contributed by atoms with E-state index < -0.39 is 4.92 Å². The van der Waals surface area contributed by atoms with Crippen molar-refractivity contribution in [3.63, 3.8) is 0 Å². The third kappa shape index (κ3) is 5.16. The lowest BCUT2D eigenvalue weighted by molar-refractivity contribution is -0.384. The van der Waals surface area contributed by atoms with E-state index in [-0.39, 0.29) is 28.2 Å². The first kappa shape index (κ1) is 20.9. The summed E-state index contributed by atoms with van der Waals surface area (Å²) in [5, 5.41) is 14.2. The van der Waals surface area contributed by atoms with Crippen molar-refractivity contribution >= 4 is 46.5 Å². The Morgan fingerprint density at radius 3 is 2.41 bits per heavy atom. The van der Waals surface area contributed by atoms with Gasteiger partial charge in [-0.3, -0.25) is 14.9 Å². The number of non-ortho nitro benzene ring substituents is 1. The summed E-state index contributed by atoms with van der Waals surface area (Å²) in [4.78, 5) is 38.8. The van der Waals surface area contributed by atoms with Gasteiger partial charge in [-0.15, -0.1) is 0 Å². The molecule has 0 spiro atoms. The van der Waals surface area contributed by atoms with E-state index in [1.165, 1.54) is 12.1 Å². The second kappa shape index (κ2) is 9.11. The van der Waals surface area contributed by atoms with Crippen LogP contribution in [0.3, 0.4) is 0 Å². The predicted molar refractivity (Wildman–Crippen MR) is 111 cm³/mol. The first-order chi connectivity index (χ1) is 13.8. The summed E-state index contributed by atoms with van der Waals surface area (Å²) in [6.07, 6.45) is 0.597. The van der Waals surface area contributed by atoms with Crippen molar-refractivity contribution in [2.24, 2.45) is 0 Å². The third-order valence-electron chi connectivity index (χ3n) is 4.54. The van der Waals surface area contributed by atoms with Gasteiger partial charge in [0.2, 0.25) is 0 Å². The Morgan fingerprint density at radius 2 is 1.72 bits per heavy atom. The highest BCUT2D eigenvalue weighted by molar-refractivity contribution is 6.34. The van der Waals surface area contributed by atoms with Gasteiger partial charge in [0.05, 0.1) is 15.5 Å². The fourth-order valence-corrected chi connectivity index (χ4v) is 3.50. The summed E-state index contributed by atoms with van der Waals surface area (Å²) >= 11 is 12.0. The molecule has 0 bridgehead atoms. The zero-order valence-electron chi connectivity index (χ0n) is 15.3. The maximum absolute atomic E-state index is 12.8. The van der Waals surface area contributed by atoms with Gasteiger partial charge in [0, 0.05) is 49.0 Å². The number of nitrogens with one attached hydrogen (secondary N) is 1. The van der Waals surface area contributed by atoms with E-state index in [4.69, 9.17) is 23.2 Å². The van der Waals surface area contributed by atoms with Crippen LogP contribution in [0.4, 0.5) is 16.2 Å². The van der Waals surface area contributed by atoms with Crippen LogP contribution in [0.5, 0.6) is 0 Å². The molecule has 1 aliphatic heterocycles. The van der Waals surface area contributed by atoms with Crippen molar-refractivity contribution in [2.45, 2.75) is 6.42 Å². The molecule has 2 aromatic rings. The molecule has 3 rings (SSSR count). The highest BCUT2D eigenvalue weighted by Crippen LogP contribution is 2.24. The summed E-state index contributed by atoms with van der Waals surface area (Å²) in [7, 11) is 0. The van der Waals surface area contributed by atoms with Crippen LogP contribution in [-0.2, 0) is 0 Å². The minimum Gasteiger partial charge on any atom is -0.337 e. The number of hydrogen-bond acceptors (Lipinski definition) is 4. The molecule has 1 aliphatic rings. The van der Waals surface area contributed by atoms with Gasteiger partial charge in [-0.2, -0.15) is 0 Å². The number of amides is 3. The van der Waals surface area contributed by atoms with Crippen LogP contribution in [0, 0.1) is 10.1 Å². The van der Waals surface area contributed by atoms with Crippen LogP contribution in [0.2, 0.25) is 10.0 Å². The highest BCUT2D eigenvalue weighted by Gasteiger charge is 2.25. The standard InChI is InChI=1S/C19H18Cl2N4O4/c20-13-3-1-4-14(11-13)22-19(27)24-8-2-7-23(9-10-24)18(26)16-6-5-15(25(28)29)12-17(16)21/h1,3-6,11-12H,2,7-10H2,(H,22,27). The van der Waals surface area contributed by atoms with E-state index in [0.717, 1.165) is 6.07 Å². The van der Waals surface area contributed by atoms with E-state index in [1.54, 1.807) is 34.1 Å². The predicted octanol–water partition coefficient (Wildman–Crippen LogP) is 4.28. The van der Waals surface area contributed by atoms with E-state index in [9.17, 15) is 19.7 Å². The molecule has 0 radical (unpaired) electrons. The van der Waals surface area contributed by atoms with E-state index in [1.807, 2.05) is 0 Å². The Kier molecular flexibility index (Phi) is 6.56. The first-order valence-electron chi connectivity index (χ1n) is 8.90. The van der Waals surface area contributed by atoms with Gasteiger partial charge in [-0.05, 0) is 30.7 Å². The quantitative estimate of drug-likeness (QED) is 0.573. The van der Waals surface area contributed by atoms with Gasteiger partial charge < -0.3 is 15.1 Å². The molecule has 1 fully saturated rings. The molecular weight excluding hydrogens is 419 g/mol. The number of benzene rings is 2. The zero-order valence-corrected chi connectivity index (χ0v) is 16.8. The van der Waals surface area contributed by atoms with Crippen LogP contribution in [-0.4, -0.2) is 52.8 Å². The summed E-state index contributed by atoms with van der Waals surface area (Å²) in [5.41, 5.74) is 0.623. The molecule has 0 atom stereocenters. The Hall–Kier alpha value is -2.84. The van der Waals surface area contributed by atoms with Crippen LogP contribution in [0.1, 0.15) is 16.8 Å². The minimum absolute atomic E-state index is 0.0315. The van der Waals surface area contributed by atoms with Gasteiger partial charge in [0.15, 0.2) is 0 Å². The van der Waals surface area contributed by atoms with E-state index >= 15 is 0 Å². The number of carbonyl (C=O) groups is 2. The lowest BCUT2D eigenvalue weighted by atomic mass is 10.1. The molecule has 8 nitrogen and oxygen atoms in total. The first-order valence-corrected chi connectivity index (χ1v) is 9.65. The molecule has 0 saturated carbocycles. The fraction of sp³-hybridized carbons (Fsp3) is 0.263. The Balaban J connectivity index is 1.64. The topological polar surface area (TPSA) is 95.8 Å². The fourth-order valence-electron chi connectivity index (χ4n) is 3.05. The number of nitro groups is 1. The van der Waals surface area contributed by atoms with Crippen molar-refractivity contribution < 1.29 is 14.5 Å². The average molecular weight is 437 g/mol. The number of anilines is 1. The van der Waals surface area contributed by atoms with Gasteiger partial charge in [0.25, 0.3) is 11.6 Å². The number of nitro benzene ring substituents is 1. The molecule has 29 heavy (non-hydrogen) atoms. The van der Waals surface area contributed by atoms with Gasteiger partial charge in [-0.1, -0.05) is 29.3 Å². The van der Waals surface area contributed by atoms with Crippen molar-refractivity contribution in [1.82, 2.24) is 9.80 Å². The number of urea groups is 1. The lowest BCUT2D eigenvalue weighted by Gasteiger charge is -2.23. The smallest absolute Gasteiger partial charge is 0.321 e.